The predicted molar refractivity (Wildman–Crippen MR) is 216 cm³/mol. The summed E-state index contributed by atoms with van der Waals surface area (Å²) in [6, 6.07) is 0. The first-order valence-electron chi connectivity index (χ1n) is 22.9. The molecule has 1 aromatic rings. The zero-order valence-electron chi connectivity index (χ0n) is 33.8. The summed E-state index contributed by atoms with van der Waals surface area (Å²) < 4.78 is 5.30. The topological polar surface area (TPSA) is 8.81 Å². The van der Waals surface area contributed by atoms with Crippen LogP contribution in [0, 0.1) is 0 Å². The molecule has 284 valence electrons. The fourth-order valence-corrected chi connectivity index (χ4v) is 7.74. The average Bonchev–Trinajstić information content (AvgIpc) is 3.48. The van der Waals surface area contributed by atoms with Gasteiger partial charge in [0, 0.05) is 6.42 Å². The molecule has 0 amide bonds. The van der Waals surface area contributed by atoms with Crippen molar-refractivity contribution in [1.82, 2.24) is 4.57 Å². The van der Waals surface area contributed by atoms with Gasteiger partial charge in [0.25, 0.3) is 5.82 Å². The van der Waals surface area contributed by atoms with Gasteiger partial charge in [-0.1, -0.05) is 226 Å². The minimum Gasteiger partial charge on any atom is -0.234 e. The molecule has 0 bridgehead atoms. The summed E-state index contributed by atoms with van der Waals surface area (Å²) in [5.41, 5.74) is 0. The fraction of sp³-hybridized carbons (Fsp3) is 0.935. The van der Waals surface area contributed by atoms with Crippen LogP contribution in [0.15, 0.2) is 12.4 Å². The molecular formula is C46H91N2+. The number of aromatic nitrogens is 2. The number of rotatable bonds is 40. The number of nitrogens with zero attached hydrogens (tertiary/aromatic N) is 2. The van der Waals surface area contributed by atoms with Crippen LogP contribution >= 0.6 is 0 Å². The zero-order valence-corrected chi connectivity index (χ0v) is 33.8. The standard InChI is InChI=1S/C46H91N2/c1-4-7-10-13-16-19-22-23-24-25-26-28-31-34-37-40-43-48-45-44-47(42-39-36-33-30-21-18-15-12-9-6-3)46(48)41-38-35-32-29-27-20-17-14-11-8-5-2/h44-45H,4-43H2,1-3H3/q+1. The second kappa shape index (κ2) is 37.5. The first-order chi connectivity index (χ1) is 23.8. The zero-order chi connectivity index (χ0) is 34.4. The van der Waals surface area contributed by atoms with Gasteiger partial charge >= 0.3 is 0 Å². The van der Waals surface area contributed by atoms with Crippen LogP contribution in [0.3, 0.4) is 0 Å². The third kappa shape index (κ3) is 29.0. The van der Waals surface area contributed by atoms with Gasteiger partial charge in [-0.3, -0.25) is 0 Å². The summed E-state index contributed by atoms with van der Waals surface area (Å²) in [6.07, 6.45) is 59.3. The Balaban J connectivity index is 2.25. The molecule has 0 atom stereocenters. The Morgan fingerprint density at radius 2 is 0.646 bits per heavy atom. The van der Waals surface area contributed by atoms with Crippen molar-refractivity contribution < 1.29 is 4.57 Å². The summed E-state index contributed by atoms with van der Waals surface area (Å²) in [7, 11) is 0. The lowest BCUT2D eigenvalue weighted by molar-refractivity contribution is -0.704. The van der Waals surface area contributed by atoms with Gasteiger partial charge in [-0.25, -0.2) is 9.13 Å². The van der Waals surface area contributed by atoms with Crippen molar-refractivity contribution in [3.63, 3.8) is 0 Å². The van der Waals surface area contributed by atoms with E-state index in [-0.39, 0.29) is 0 Å². The summed E-state index contributed by atoms with van der Waals surface area (Å²) in [5.74, 6) is 1.63. The van der Waals surface area contributed by atoms with Crippen LogP contribution in [0.1, 0.15) is 264 Å². The fourth-order valence-electron chi connectivity index (χ4n) is 7.74. The molecule has 0 fully saturated rings. The van der Waals surface area contributed by atoms with Crippen molar-refractivity contribution in [2.45, 2.75) is 278 Å². The first-order valence-corrected chi connectivity index (χ1v) is 22.9. The molecular weight excluding hydrogens is 581 g/mol. The third-order valence-corrected chi connectivity index (χ3v) is 11.1. The highest BCUT2D eigenvalue weighted by atomic mass is 15.1. The third-order valence-electron chi connectivity index (χ3n) is 11.1. The molecule has 0 saturated carbocycles. The van der Waals surface area contributed by atoms with Crippen molar-refractivity contribution in [2.75, 3.05) is 0 Å². The Morgan fingerprint density at radius 3 is 1.00 bits per heavy atom. The lowest BCUT2D eigenvalue weighted by Crippen LogP contribution is -2.37. The SMILES string of the molecule is CCCCCCCCCCCCCCCCCC[n+]1ccn(CCCCCCCCCCCC)c1CCCCCCCCCCCCC. The highest BCUT2D eigenvalue weighted by Crippen LogP contribution is 2.16. The Hall–Kier alpha value is -0.790. The normalized spacial score (nSPS) is 11.6. The molecule has 2 heteroatoms. The minimum absolute atomic E-state index is 1.23. The largest absolute Gasteiger partial charge is 0.256 e. The van der Waals surface area contributed by atoms with Crippen molar-refractivity contribution in [3.8, 4) is 0 Å². The van der Waals surface area contributed by atoms with E-state index < -0.39 is 0 Å². The molecule has 1 heterocycles. The second-order valence-electron chi connectivity index (χ2n) is 15.9. The first kappa shape index (κ1) is 45.2. The maximum absolute atomic E-state index is 2.65. The van der Waals surface area contributed by atoms with Gasteiger partial charge in [-0.15, -0.1) is 0 Å². The summed E-state index contributed by atoms with van der Waals surface area (Å²) in [5, 5.41) is 0. The summed E-state index contributed by atoms with van der Waals surface area (Å²) >= 11 is 0. The van der Waals surface area contributed by atoms with Crippen LogP contribution < -0.4 is 4.57 Å². The van der Waals surface area contributed by atoms with E-state index in [1.165, 1.54) is 257 Å². The molecule has 0 N–H and O–H groups in total. The molecule has 0 saturated heterocycles. The van der Waals surface area contributed by atoms with Crippen molar-refractivity contribution in [2.24, 2.45) is 0 Å². The maximum atomic E-state index is 2.65. The van der Waals surface area contributed by atoms with E-state index in [9.17, 15) is 0 Å². The summed E-state index contributed by atoms with van der Waals surface area (Å²) in [4.78, 5) is 0. The maximum Gasteiger partial charge on any atom is 0.256 e. The van der Waals surface area contributed by atoms with E-state index in [4.69, 9.17) is 0 Å². The highest BCUT2D eigenvalue weighted by molar-refractivity contribution is 4.84. The molecule has 0 aliphatic heterocycles. The van der Waals surface area contributed by atoms with E-state index in [1.807, 2.05) is 0 Å². The summed E-state index contributed by atoms with van der Waals surface area (Å²) in [6.45, 7) is 9.41. The lowest BCUT2D eigenvalue weighted by Gasteiger charge is -2.07. The monoisotopic (exact) mass is 672 g/mol. The van der Waals surface area contributed by atoms with Crippen LogP contribution in [0.25, 0.3) is 0 Å². The van der Waals surface area contributed by atoms with E-state index >= 15 is 0 Å². The van der Waals surface area contributed by atoms with Crippen LogP contribution in [0.4, 0.5) is 0 Å². The van der Waals surface area contributed by atoms with Crippen LogP contribution in [0.2, 0.25) is 0 Å². The number of unbranched alkanes of at least 4 members (excludes halogenated alkanes) is 34. The van der Waals surface area contributed by atoms with E-state index in [0.717, 1.165) is 0 Å². The number of hydrogen-bond acceptors (Lipinski definition) is 0. The van der Waals surface area contributed by atoms with Crippen LogP contribution in [-0.2, 0) is 19.5 Å². The predicted octanol–water partition coefficient (Wildman–Crippen LogP) is 15.8. The van der Waals surface area contributed by atoms with Gasteiger partial charge in [0.1, 0.15) is 12.4 Å². The van der Waals surface area contributed by atoms with Gasteiger partial charge in [-0.2, -0.15) is 0 Å². The van der Waals surface area contributed by atoms with E-state index in [2.05, 4.69) is 42.3 Å². The Bertz CT molecular complexity index is 736. The minimum atomic E-state index is 1.23. The number of aryl methyl sites for hydroxylation is 2. The molecule has 0 unspecified atom stereocenters. The van der Waals surface area contributed by atoms with Crippen LogP contribution in [-0.4, -0.2) is 4.57 Å². The molecule has 0 aliphatic carbocycles. The van der Waals surface area contributed by atoms with E-state index in [0.29, 0.717) is 0 Å². The molecule has 0 radical (unpaired) electrons. The van der Waals surface area contributed by atoms with Gasteiger partial charge < -0.3 is 0 Å². The molecule has 1 aromatic heterocycles. The molecule has 48 heavy (non-hydrogen) atoms. The molecule has 2 nitrogen and oxygen atoms in total. The molecule has 1 rings (SSSR count). The highest BCUT2D eigenvalue weighted by Gasteiger charge is 2.16. The van der Waals surface area contributed by atoms with Gasteiger partial charge in [0.15, 0.2) is 0 Å². The Labute approximate surface area is 304 Å². The lowest BCUT2D eigenvalue weighted by atomic mass is 10.0. The quantitative estimate of drug-likeness (QED) is 0.0485. The van der Waals surface area contributed by atoms with Crippen molar-refractivity contribution >= 4 is 0 Å². The number of imidazole rings is 1. The average molecular weight is 672 g/mol. The van der Waals surface area contributed by atoms with Crippen LogP contribution in [0.5, 0.6) is 0 Å². The smallest absolute Gasteiger partial charge is 0.234 e. The molecule has 0 aliphatic rings. The second-order valence-corrected chi connectivity index (χ2v) is 15.9. The van der Waals surface area contributed by atoms with Crippen molar-refractivity contribution in [1.29, 1.82) is 0 Å². The number of hydrogen-bond donors (Lipinski definition) is 0. The Kier molecular flexibility index (Phi) is 35.3. The van der Waals surface area contributed by atoms with Gasteiger partial charge in [0.05, 0.1) is 13.1 Å². The Morgan fingerprint density at radius 1 is 0.354 bits per heavy atom. The molecule has 0 spiro atoms. The van der Waals surface area contributed by atoms with Gasteiger partial charge in [0.2, 0.25) is 0 Å². The molecule has 0 aromatic carbocycles. The van der Waals surface area contributed by atoms with E-state index in [1.54, 1.807) is 5.82 Å². The van der Waals surface area contributed by atoms with Crippen molar-refractivity contribution in [3.05, 3.63) is 18.2 Å². The van der Waals surface area contributed by atoms with Gasteiger partial charge in [-0.05, 0) is 32.1 Å².